The van der Waals surface area contributed by atoms with Gasteiger partial charge in [-0.15, -0.1) is 21.5 Å². The van der Waals surface area contributed by atoms with Crippen molar-refractivity contribution in [3.8, 4) is 22.4 Å². The molecule has 0 aliphatic heterocycles. The molecule has 0 bridgehead atoms. The van der Waals surface area contributed by atoms with Crippen LogP contribution in [-0.2, 0) is 16.6 Å². The van der Waals surface area contributed by atoms with Crippen molar-refractivity contribution in [1.82, 2.24) is 24.9 Å². The zero-order valence-corrected chi connectivity index (χ0v) is 24.3. The van der Waals surface area contributed by atoms with Gasteiger partial charge in [-0.3, -0.25) is 0 Å². The van der Waals surface area contributed by atoms with Crippen LogP contribution in [0.15, 0.2) is 126 Å². The van der Waals surface area contributed by atoms with Crippen LogP contribution in [0.25, 0.3) is 42.8 Å². The van der Waals surface area contributed by atoms with Gasteiger partial charge in [-0.05, 0) is 35.4 Å². The fourth-order valence-electron chi connectivity index (χ4n) is 4.94. The number of nitrogens with zero attached hydrogens (tertiary/aromatic N) is 4. The molecule has 0 amide bonds. The van der Waals surface area contributed by atoms with Crippen LogP contribution in [0, 0.1) is 0 Å². The second-order valence-electron chi connectivity index (χ2n) is 9.80. The van der Waals surface area contributed by atoms with Crippen molar-refractivity contribution in [3.63, 3.8) is 0 Å². The van der Waals surface area contributed by atoms with Crippen molar-refractivity contribution >= 4 is 53.3 Å². The number of nitrogens with one attached hydrogen (secondary N) is 2. The number of thiophene rings is 1. The van der Waals surface area contributed by atoms with Crippen LogP contribution in [0.3, 0.4) is 0 Å². The molecule has 0 aliphatic rings. The molecule has 2 N–H and O–H groups in total. The summed E-state index contributed by atoms with van der Waals surface area (Å²) in [5, 5.41) is 13.5. The number of hydrogen-bond acceptors (Lipinski definition) is 8. The highest BCUT2D eigenvalue weighted by Crippen LogP contribution is 2.43. The van der Waals surface area contributed by atoms with Crippen molar-refractivity contribution in [2.45, 2.75) is 11.4 Å². The van der Waals surface area contributed by atoms with E-state index in [9.17, 15) is 8.42 Å². The molecule has 0 spiro atoms. The molecular weight excluding hydrogens is 577 g/mol. The van der Waals surface area contributed by atoms with Gasteiger partial charge in [-0.2, -0.15) is 0 Å². The number of benzene rings is 4. The Balaban J connectivity index is 1.25. The molecule has 0 unspecified atom stereocenters. The van der Waals surface area contributed by atoms with Gasteiger partial charge in [0.25, 0.3) is 0 Å². The van der Waals surface area contributed by atoms with Crippen LogP contribution in [0.2, 0.25) is 0 Å². The molecule has 0 saturated heterocycles. The first-order valence-corrected chi connectivity index (χ1v) is 15.8. The lowest BCUT2D eigenvalue weighted by Gasteiger charge is -2.11. The fraction of sp³-hybridized carbons (Fsp3) is 0.0303. The molecule has 43 heavy (non-hydrogen) atoms. The Kier molecular flexibility index (Phi) is 7.07. The van der Waals surface area contributed by atoms with Gasteiger partial charge in [0.15, 0.2) is 5.82 Å². The molecular formula is C33H24N6O2S2. The van der Waals surface area contributed by atoms with E-state index in [4.69, 9.17) is 0 Å². The highest BCUT2D eigenvalue weighted by molar-refractivity contribution is 7.89. The van der Waals surface area contributed by atoms with Gasteiger partial charge in [-0.1, -0.05) is 91.0 Å². The first-order chi connectivity index (χ1) is 21.1. The maximum Gasteiger partial charge on any atom is 0.240 e. The Bertz CT molecular complexity index is 2160. The number of aromatic nitrogens is 4. The average Bonchev–Trinajstić information content (AvgIpc) is 3.45. The molecule has 4 aromatic carbocycles. The summed E-state index contributed by atoms with van der Waals surface area (Å²) in [5.74, 6) is 0.603. The number of fused-ring (bicyclic) bond motifs is 3. The molecule has 8 nitrogen and oxygen atoms in total. The average molecular weight is 601 g/mol. The lowest BCUT2D eigenvalue weighted by molar-refractivity contribution is 0.581. The van der Waals surface area contributed by atoms with Gasteiger partial charge in [-0.25, -0.2) is 23.1 Å². The van der Waals surface area contributed by atoms with E-state index in [2.05, 4.69) is 42.3 Å². The van der Waals surface area contributed by atoms with E-state index >= 15 is 0 Å². The minimum absolute atomic E-state index is 0.180. The van der Waals surface area contributed by atoms with Crippen LogP contribution in [0.5, 0.6) is 0 Å². The maximum absolute atomic E-state index is 12.9. The van der Waals surface area contributed by atoms with Gasteiger partial charge in [0.2, 0.25) is 10.0 Å². The molecule has 0 saturated carbocycles. The quantitative estimate of drug-likeness (QED) is 0.190. The van der Waals surface area contributed by atoms with E-state index < -0.39 is 10.0 Å². The highest BCUT2D eigenvalue weighted by atomic mass is 32.2. The van der Waals surface area contributed by atoms with Gasteiger partial charge < -0.3 is 5.32 Å². The topological polar surface area (TPSA) is 110 Å². The molecule has 7 aromatic rings. The minimum Gasteiger partial charge on any atom is -0.339 e. The second kappa shape index (κ2) is 11.3. The summed E-state index contributed by atoms with van der Waals surface area (Å²) in [6.07, 6.45) is 1.53. The molecule has 10 heteroatoms. The van der Waals surface area contributed by atoms with Crippen molar-refractivity contribution in [3.05, 3.63) is 127 Å². The summed E-state index contributed by atoms with van der Waals surface area (Å²) in [6, 6.07) is 36.1. The Labute approximate surface area is 252 Å². The molecule has 0 fully saturated rings. The second-order valence-corrected chi connectivity index (χ2v) is 12.6. The summed E-state index contributed by atoms with van der Waals surface area (Å²) in [6.45, 7) is 0.216. The Hall–Kier alpha value is -5.03. The van der Waals surface area contributed by atoms with E-state index in [0.717, 1.165) is 48.4 Å². The summed E-state index contributed by atoms with van der Waals surface area (Å²) >= 11 is 1.47. The smallest absolute Gasteiger partial charge is 0.240 e. The molecule has 3 heterocycles. The van der Waals surface area contributed by atoms with Gasteiger partial charge >= 0.3 is 0 Å². The minimum atomic E-state index is -3.67. The third-order valence-electron chi connectivity index (χ3n) is 7.03. The van der Waals surface area contributed by atoms with Gasteiger partial charge in [0.1, 0.15) is 16.9 Å². The predicted octanol–water partition coefficient (Wildman–Crippen LogP) is 7.19. The van der Waals surface area contributed by atoms with E-state index in [1.165, 1.54) is 17.7 Å². The fourth-order valence-corrected chi connectivity index (χ4v) is 6.99. The van der Waals surface area contributed by atoms with E-state index in [0.29, 0.717) is 11.5 Å². The first kappa shape index (κ1) is 26.8. The number of rotatable bonds is 8. The van der Waals surface area contributed by atoms with Crippen LogP contribution in [-0.4, -0.2) is 28.6 Å². The molecule has 210 valence electrons. The van der Waals surface area contributed by atoms with Crippen molar-refractivity contribution in [2.24, 2.45) is 0 Å². The van der Waals surface area contributed by atoms with Crippen LogP contribution in [0.4, 0.5) is 11.5 Å². The number of hydrogen-bond donors (Lipinski definition) is 2. The van der Waals surface area contributed by atoms with Crippen molar-refractivity contribution in [2.75, 3.05) is 5.32 Å². The normalized spacial score (nSPS) is 11.6. The van der Waals surface area contributed by atoms with Crippen LogP contribution >= 0.6 is 11.3 Å². The Morgan fingerprint density at radius 3 is 2.05 bits per heavy atom. The molecule has 0 atom stereocenters. The standard InChI is InChI=1S/C33H24N6O2S2/c40-43(41,36-20-22-10-4-1-5-11-22)26-18-16-25(17-19-26)37-32-31-30(34-21-35-32)28-27(23-12-6-2-7-13-23)29(38-39-33(28)42-31)24-14-8-3-9-15-24/h1-19,21,36H,20H2,(H,34,35,37). The maximum atomic E-state index is 12.9. The molecule has 7 rings (SSSR count). The summed E-state index contributed by atoms with van der Waals surface area (Å²) in [7, 11) is -3.67. The largest absolute Gasteiger partial charge is 0.339 e. The molecule has 0 aliphatic carbocycles. The summed E-state index contributed by atoms with van der Waals surface area (Å²) in [4.78, 5) is 10.1. The van der Waals surface area contributed by atoms with Crippen LogP contribution < -0.4 is 10.0 Å². The Morgan fingerprint density at radius 2 is 1.35 bits per heavy atom. The van der Waals surface area contributed by atoms with E-state index in [-0.39, 0.29) is 11.4 Å². The zero-order valence-electron chi connectivity index (χ0n) is 22.7. The number of sulfonamides is 1. The van der Waals surface area contributed by atoms with E-state index in [1.54, 1.807) is 24.3 Å². The lowest BCUT2D eigenvalue weighted by atomic mass is 9.97. The van der Waals surface area contributed by atoms with Crippen LogP contribution in [0.1, 0.15) is 5.56 Å². The number of anilines is 2. The third kappa shape index (κ3) is 5.35. The predicted molar refractivity (Wildman–Crippen MR) is 172 cm³/mol. The summed E-state index contributed by atoms with van der Waals surface area (Å²) < 4.78 is 29.2. The van der Waals surface area contributed by atoms with Gasteiger partial charge in [0, 0.05) is 28.7 Å². The van der Waals surface area contributed by atoms with Crippen molar-refractivity contribution < 1.29 is 8.42 Å². The Morgan fingerprint density at radius 1 is 0.698 bits per heavy atom. The third-order valence-corrected chi connectivity index (χ3v) is 9.51. The first-order valence-electron chi connectivity index (χ1n) is 13.5. The van der Waals surface area contributed by atoms with E-state index in [1.807, 2.05) is 78.9 Å². The monoisotopic (exact) mass is 600 g/mol. The highest BCUT2D eigenvalue weighted by Gasteiger charge is 2.21. The zero-order chi connectivity index (χ0) is 29.2. The molecule has 0 radical (unpaired) electrons. The van der Waals surface area contributed by atoms with Gasteiger partial charge in [0.05, 0.1) is 15.1 Å². The SMILES string of the molecule is O=S(=O)(NCc1ccccc1)c1ccc(Nc2ncnc3c2sc2nnc(-c4ccccc4)c(-c4ccccc4)c23)cc1. The lowest BCUT2D eigenvalue weighted by Crippen LogP contribution is -2.23. The molecule has 3 aromatic heterocycles. The summed E-state index contributed by atoms with van der Waals surface area (Å²) in [5.41, 5.74) is 6.08. The van der Waals surface area contributed by atoms with Crippen molar-refractivity contribution in [1.29, 1.82) is 0 Å².